The SMILES string of the molecule is NC(=O)C(c1ccccc1)N1CCc2[nH]c3ccc(F)cc3c2C1. The number of H-pyrrole nitrogens is 1. The maximum atomic E-state index is 13.6. The number of halogens is 1. The Morgan fingerprint density at radius 1 is 1.21 bits per heavy atom. The average Bonchev–Trinajstić information content (AvgIpc) is 2.93. The van der Waals surface area contributed by atoms with Gasteiger partial charge < -0.3 is 10.7 Å². The fourth-order valence-corrected chi connectivity index (χ4v) is 3.62. The topological polar surface area (TPSA) is 62.1 Å². The highest BCUT2D eigenvalue weighted by Gasteiger charge is 2.30. The third-order valence-electron chi connectivity index (χ3n) is 4.72. The van der Waals surface area contributed by atoms with E-state index in [0.29, 0.717) is 6.54 Å². The third kappa shape index (κ3) is 2.47. The first-order valence-electron chi connectivity index (χ1n) is 8.01. The van der Waals surface area contributed by atoms with Crippen molar-refractivity contribution in [2.24, 2.45) is 5.73 Å². The average molecular weight is 323 g/mol. The molecule has 4 nitrogen and oxygen atoms in total. The maximum absolute atomic E-state index is 13.6. The fourth-order valence-electron chi connectivity index (χ4n) is 3.62. The molecule has 0 radical (unpaired) electrons. The van der Waals surface area contributed by atoms with Gasteiger partial charge in [0.15, 0.2) is 0 Å². The highest BCUT2D eigenvalue weighted by molar-refractivity contribution is 5.85. The Kier molecular flexibility index (Phi) is 3.58. The number of primary amides is 1. The number of nitrogens with two attached hydrogens (primary N) is 1. The second kappa shape index (κ2) is 5.76. The summed E-state index contributed by atoms with van der Waals surface area (Å²) in [4.78, 5) is 17.5. The monoisotopic (exact) mass is 323 g/mol. The van der Waals surface area contributed by atoms with Gasteiger partial charge in [0.05, 0.1) is 0 Å². The number of nitrogens with zero attached hydrogens (tertiary/aromatic N) is 1. The van der Waals surface area contributed by atoms with Crippen molar-refractivity contribution in [3.8, 4) is 0 Å². The van der Waals surface area contributed by atoms with Crippen LogP contribution in [0.1, 0.15) is 22.9 Å². The summed E-state index contributed by atoms with van der Waals surface area (Å²) in [6.07, 6.45) is 0.780. The molecule has 2 aromatic carbocycles. The van der Waals surface area contributed by atoms with E-state index in [1.54, 1.807) is 12.1 Å². The minimum atomic E-state index is -0.474. The van der Waals surface area contributed by atoms with E-state index >= 15 is 0 Å². The maximum Gasteiger partial charge on any atom is 0.239 e. The highest BCUT2D eigenvalue weighted by Crippen LogP contribution is 2.32. The molecule has 24 heavy (non-hydrogen) atoms. The lowest BCUT2D eigenvalue weighted by atomic mass is 9.99. The second-order valence-electron chi connectivity index (χ2n) is 6.21. The van der Waals surface area contributed by atoms with Crippen LogP contribution in [0.3, 0.4) is 0 Å². The first-order valence-corrected chi connectivity index (χ1v) is 8.01. The molecule has 2 heterocycles. The number of amides is 1. The van der Waals surface area contributed by atoms with Gasteiger partial charge >= 0.3 is 0 Å². The van der Waals surface area contributed by atoms with Gasteiger partial charge in [0, 0.05) is 36.1 Å². The summed E-state index contributed by atoms with van der Waals surface area (Å²) in [7, 11) is 0. The van der Waals surface area contributed by atoms with E-state index in [2.05, 4.69) is 9.88 Å². The van der Waals surface area contributed by atoms with Crippen molar-refractivity contribution in [1.82, 2.24) is 9.88 Å². The van der Waals surface area contributed by atoms with Gasteiger partial charge in [-0.1, -0.05) is 30.3 Å². The van der Waals surface area contributed by atoms with Crippen molar-refractivity contribution in [3.63, 3.8) is 0 Å². The van der Waals surface area contributed by atoms with E-state index in [-0.39, 0.29) is 11.7 Å². The van der Waals surface area contributed by atoms with Crippen LogP contribution in [0.15, 0.2) is 48.5 Å². The van der Waals surface area contributed by atoms with Crippen LogP contribution in [0.5, 0.6) is 0 Å². The number of benzene rings is 2. The smallest absolute Gasteiger partial charge is 0.239 e. The fraction of sp³-hybridized carbons (Fsp3) is 0.211. The summed E-state index contributed by atoms with van der Waals surface area (Å²) in [5, 5.41) is 0.881. The molecule has 3 aromatic rings. The van der Waals surface area contributed by atoms with Gasteiger partial charge in [0.25, 0.3) is 0 Å². The predicted octanol–water partition coefficient (Wildman–Crippen LogP) is 2.89. The van der Waals surface area contributed by atoms with Gasteiger partial charge in [-0.25, -0.2) is 4.39 Å². The van der Waals surface area contributed by atoms with E-state index in [1.165, 1.54) is 6.07 Å². The molecule has 1 unspecified atom stereocenters. The zero-order valence-electron chi connectivity index (χ0n) is 13.1. The normalized spacial score (nSPS) is 16.0. The molecule has 0 spiro atoms. The van der Waals surface area contributed by atoms with Crippen LogP contribution in [0.25, 0.3) is 10.9 Å². The van der Waals surface area contributed by atoms with Crippen molar-refractivity contribution in [1.29, 1.82) is 0 Å². The van der Waals surface area contributed by atoms with Crippen molar-refractivity contribution in [3.05, 3.63) is 71.2 Å². The van der Waals surface area contributed by atoms with E-state index in [9.17, 15) is 9.18 Å². The number of carbonyl (C=O) groups is 1. The molecule has 0 aliphatic carbocycles. The van der Waals surface area contributed by atoms with Crippen LogP contribution in [-0.4, -0.2) is 22.3 Å². The first kappa shape index (κ1) is 14.9. The van der Waals surface area contributed by atoms with Gasteiger partial charge in [-0.2, -0.15) is 0 Å². The highest BCUT2D eigenvalue weighted by atomic mass is 19.1. The van der Waals surface area contributed by atoms with Crippen LogP contribution >= 0.6 is 0 Å². The lowest BCUT2D eigenvalue weighted by molar-refractivity contribution is -0.123. The van der Waals surface area contributed by atoms with Crippen molar-refractivity contribution >= 4 is 16.8 Å². The number of hydrogen-bond donors (Lipinski definition) is 2. The van der Waals surface area contributed by atoms with Gasteiger partial charge in [-0.3, -0.25) is 9.69 Å². The Morgan fingerprint density at radius 2 is 2.00 bits per heavy atom. The van der Waals surface area contributed by atoms with Crippen molar-refractivity contribution in [2.45, 2.75) is 19.0 Å². The Labute approximate surface area is 139 Å². The van der Waals surface area contributed by atoms with Crippen LogP contribution in [0.4, 0.5) is 4.39 Å². The lowest BCUT2D eigenvalue weighted by Crippen LogP contribution is -2.40. The molecule has 1 aliphatic rings. The van der Waals surface area contributed by atoms with Crippen LogP contribution in [0, 0.1) is 5.82 Å². The van der Waals surface area contributed by atoms with Gasteiger partial charge in [-0.05, 0) is 29.3 Å². The number of aromatic amines is 1. The molecule has 1 aliphatic heterocycles. The number of hydrogen-bond acceptors (Lipinski definition) is 2. The number of fused-ring (bicyclic) bond motifs is 3. The second-order valence-corrected chi connectivity index (χ2v) is 6.21. The summed E-state index contributed by atoms with van der Waals surface area (Å²) in [5.74, 6) is -0.619. The summed E-state index contributed by atoms with van der Waals surface area (Å²) in [5.41, 5.74) is 9.67. The van der Waals surface area contributed by atoms with E-state index in [1.807, 2.05) is 30.3 Å². The molecule has 0 saturated heterocycles. The van der Waals surface area contributed by atoms with Gasteiger partial charge in [-0.15, -0.1) is 0 Å². The first-order chi connectivity index (χ1) is 11.6. The zero-order valence-corrected chi connectivity index (χ0v) is 13.1. The van der Waals surface area contributed by atoms with Gasteiger partial charge in [0.1, 0.15) is 11.9 Å². The molecule has 1 aromatic heterocycles. The number of rotatable bonds is 3. The Bertz CT molecular complexity index is 904. The molecule has 5 heteroatoms. The van der Waals surface area contributed by atoms with Crippen molar-refractivity contribution < 1.29 is 9.18 Å². The van der Waals surface area contributed by atoms with E-state index < -0.39 is 6.04 Å². The summed E-state index contributed by atoms with van der Waals surface area (Å²) in [6.45, 7) is 1.30. The third-order valence-corrected chi connectivity index (χ3v) is 4.72. The molecule has 0 fully saturated rings. The Balaban J connectivity index is 1.73. The summed E-state index contributed by atoms with van der Waals surface area (Å²) < 4.78 is 13.6. The predicted molar refractivity (Wildman–Crippen MR) is 90.7 cm³/mol. The van der Waals surface area contributed by atoms with Crippen LogP contribution in [0.2, 0.25) is 0 Å². The van der Waals surface area contributed by atoms with Crippen LogP contribution in [-0.2, 0) is 17.8 Å². The molecule has 4 rings (SSSR count). The Hall–Kier alpha value is -2.66. The molecular formula is C19H18FN3O. The van der Waals surface area contributed by atoms with E-state index in [4.69, 9.17) is 5.73 Å². The molecule has 1 amide bonds. The lowest BCUT2D eigenvalue weighted by Gasteiger charge is -2.33. The molecule has 0 bridgehead atoms. The molecule has 0 saturated carbocycles. The quantitative estimate of drug-likeness (QED) is 0.778. The number of nitrogens with one attached hydrogen (secondary N) is 1. The van der Waals surface area contributed by atoms with Crippen molar-refractivity contribution in [2.75, 3.05) is 6.54 Å². The molecule has 1 atom stereocenters. The zero-order chi connectivity index (χ0) is 16.7. The standard InChI is InChI=1S/C19H18FN3O/c20-13-6-7-16-14(10-13)15-11-23(9-8-17(15)22-16)18(19(21)24)12-4-2-1-3-5-12/h1-7,10,18,22H,8-9,11H2,(H2,21,24). The molecular weight excluding hydrogens is 305 g/mol. The Morgan fingerprint density at radius 3 is 2.75 bits per heavy atom. The summed E-state index contributed by atoms with van der Waals surface area (Å²) in [6, 6.07) is 13.9. The number of aromatic nitrogens is 1. The molecule has 3 N–H and O–H groups in total. The van der Waals surface area contributed by atoms with E-state index in [0.717, 1.165) is 40.7 Å². The summed E-state index contributed by atoms with van der Waals surface area (Å²) >= 11 is 0. The minimum Gasteiger partial charge on any atom is -0.368 e. The van der Waals surface area contributed by atoms with Crippen LogP contribution < -0.4 is 5.73 Å². The largest absolute Gasteiger partial charge is 0.368 e. The van der Waals surface area contributed by atoms with Gasteiger partial charge in [0.2, 0.25) is 5.91 Å². The molecule has 122 valence electrons. The minimum absolute atomic E-state index is 0.254. The number of carbonyl (C=O) groups excluding carboxylic acids is 1.